The van der Waals surface area contributed by atoms with Crippen molar-refractivity contribution in [1.82, 2.24) is 35.3 Å². The number of carbonyl (C=O) groups is 2. The topological polar surface area (TPSA) is 143 Å². The van der Waals surface area contributed by atoms with Gasteiger partial charge < -0.3 is 10.6 Å². The quantitative estimate of drug-likeness (QED) is 0.309. The van der Waals surface area contributed by atoms with E-state index >= 15 is 0 Å². The lowest BCUT2D eigenvalue weighted by Gasteiger charge is -2.17. The summed E-state index contributed by atoms with van der Waals surface area (Å²) in [5, 5.41) is 29.4. The summed E-state index contributed by atoms with van der Waals surface area (Å²) in [6, 6.07) is 12.6. The van der Waals surface area contributed by atoms with E-state index in [1.165, 1.54) is 22.9 Å². The molecule has 0 radical (unpaired) electrons. The maximum atomic E-state index is 13.7. The van der Waals surface area contributed by atoms with Gasteiger partial charge in [0, 0.05) is 6.04 Å². The molecule has 0 fully saturated rings. The zero-order valence-electron chi connectivity index (χ0n) is 22.0. The predicted octanol–water partition coefficient (Wildman–Crippen LogP) is 4.54. The molecule has 0 bridgehead atoms. The number of aromatic nitrogens is 6. The summed E-state index contributed by atoms with van der Waals surface area (Å²) in [4.78, 5) is 27.4. The Hall–Kier alpha value is -4.77. The molecule has 2 aromatic carbocycles. The van der Waals surface area contributed by atoms with E-state index in [4.69, 9.17) is 11.6 Å². The minimum Gasteiger partial charge on any atom is -0.350 e. The van der Waals surface area contributed by atoms with E-state index < -0.39 is 23.8 Å². The number of aryl methyl sites for hydroxylation is 1. The number of anilines is 1. The van der Waals surface area contributed by atoms with E-state index in [-0.39, 0.29) is 45.8 Å². The number of para-hydroxylation sites is 1. The number of carbonyl (C=O) groups excluding carboxylic acids is 2. The second-order valence-electron chi connectivity index (χ2n) is 9.09. The molecule has 2 heterocycles. The minimum absolute atomic E-state index is 0.0405. The fourth-order valence-electron chi connectivity index (χ4n) is 3.82. The molecule has 15 heteroatoms. The van der Waals surface area contributed by atoms with E-state index in [9.17, 15) is 28.0 Å². The van der Waals surface area contributed by atoms with Crippen molar-refractivity contribution in [1.29, 1.82) is 5.26 Å². The number of alkyl halides is 3. The molecule has 4 aromatic rings. The number of nitrogens with one attached hydrogen (secondary N) is 2. The van der Waals surface area contributed by atoms with Crippen molar-refractivity contribution in [3.63, 3.8) is 0 Å². The smallest absolute Gasteiger partial charge is 0.350 e. The van der Waals surface area contributed by atoms with Gasteiger partial charge in [0.05, 0.1) is 39.3 Å². The third-order valence-electron chi connectivity index (χ3n) is 6.02. The van der Waals surface area contributed by atoms with Gasteiger partial charge in [0.25, 0.3) is 17.6 Å². The summed E-state index contributed by atoms with van der Waals surface area (Å²) in [5.74, 6) is -2.59. The normalized spacial score (nSPS) is 12.0. The number of nitrogens with zero attached hydrogens (tertiary/aromatic N) is 7. The summed E-state index contributed by atoms with van der Waals surface area (Å²) >= 11 is 6.37. The van der Waals surface area contributed by atoms with Crippen LogP contribution in [0.25, 0.3) is 5.69 Å². The number of nitriles is 1. The molecule has 0 aliphatic rings. The largest absolute Gasteiger partial charge is 0.455 e. The van der Waals surface area contributed by atoms with Crippen LogP contribution < -0.4 is 10.6 Å². The predicted molar refractivity (Wildman–Crippen MR) is 142 cm³/mol. The van der Waals surface area contributed by atoms with Crippen molar-refractivity contribution in [2.24, 2.45) is 0 Å². The van der Waals surface area contributed by atoms with E-state index in [0.717, 1.165) is 0 Å². The number of tetrazole rings is 1. The highest BCUT2D eigenvalue weighted by Gasteiger charge is 2.37. The molecule has 4 rings (SSSR count). The molecule has 0 saturated heterocycles. The Bertz CT molecular complexity index is 1660. The van der Waals surface area contributed by atoms with E-state index in [1.807, 2.05) is 19.9 Å². The Labute approximate surface area is 236 Å². The molecule has 0 saturated carbocycles. The fourth-order valence-corrected chi connectivity index (χ4v) is 4.04. The second kappa shape index (κ2) is 11.8. The zero-order valence-corrected chi connectivity index (χ0v) is 22.7. The first-order valence-electron chi connectivity index (χ1n) is 12.3. The summed E-state index contributed by atoms with van der Waals surface area (Å²) in [6.45, 7) is 5.03. The molecule has 1 unspecified atom stereocenters. The van der Waals surface area contributed by atoms with Gasteiger partial charge in [0.1, 0.15) is 12.2 Å². The fraction of sp³-hybridized carbons (Fsp3) is 0.269. The molecule has 2 amide bonds. The molecular weight excluding hydrogens is 563 g/mol. The maximum absolute atomic E-state index is 13.7. The van der Waals surface area contributed by atoms with E-state index in [0.29, 0.717) is 22.5 Å². The monoisotopic (exact) mass is 585 g/mol. The number of rotatable bonds is 8. The first-order chi connectivity index (χ1) is 19.4. The molecule has 212 valence electrons. The highest BCUT2D eigenvalue weighted by molar-refractivity contribution is 6.32. The summed E-state index contributed by atoms with van der Waals surface area (Å²) in [6.07, 6.45) is -4.12. The number of halogens is 4. The highest BCUT2D eigenvalue weighted by Crippen LogP contribution is 2.27. The molecule has 1 atom stereocenters. The van der Waals surface area contributed by atoms with Crippen LogP contribution in [-0.4, -0.2) is 47.8 Å². The van der Waals surface area contributed by atoms with Crippen molar-refractivity contribution in [3.05, 3.63) is 81.4 Å². The summed E-state index contributed by atoms with van der Waals surface area (Å²) in [7, 11) is 0. The molecule has 11 nitrogen and oxygen atoms in total. The van der Waals surface area contributed by atoms with E-state index in [1.54, 1.807) is 31.2 Å². The Kier molecular flexibility index (Phi) is 8.39. The standard InChI is InChI=1S/C26H23ClF3N9O2/c1-4-15(3)32-23(40)18-10-16(12-31)9-14(2)22(18)33-24(41)21-11-17(13-38-36-25(34-37-38)26(28,29)30)35-39(21)20-8-6-5-7-19(20)27/h5-11,15H,4,13H2,1-3H3,(H,32,40)(H,33,41). The summed E-state index contributed by atoms with van der Waals surface area (Å²) in [5.41, 5.74) is 1.37. The average molecular weight is 586 g/mol. The lowest BCUT2D eigenvalue weighted by molar-refractivity contribution is -0.145. The van der Waals surface area contributed by atoms with Crippen molar-refractivity contribution in [3.8, 4) is 11.8 Å². The molecule has 0 aliphatic heterocycles. The number of hydrogen-bond acceptors (Lipinski definition) is 7. The first-order valence-corrected chi connectivity index (χ1v) is 12.6. The van der Waals surface area contributed by atoms with Crippen molar-refractivity contribution >= 4 is 29.1 Å². The third-order valence-corrected chi connectivity index (χ3v) is 6.34. The minimum atomic E-state index is -4.78. The van der Waals surface area contributed by atoms with Crippen LogP contribution >= 0.6 is 11.6 Å². The van der Waals surface area contributed by atoms with Gasteiger partial charge in [0.15, 0.2) is 0 Å². The SMILES string of the molecule is CCC(C)NC(=O)c1cc(C#N)cc(C)c1NC(=O)c1cc(Cn2nnc(C(F)(F)F)n2)nn1-c1ccccc1Cl. The van der Waals surface area contributed by atoms with Gasteiger partial charge in [-0.25, -0.2) is 4.68 Å². The van der Waals surface area contributed by atoms with Crippen molar-refractivity contribution < 1.29 is 22.8 Å². The molecule has 0 aliphatic carbocycles. The molecule has 41 heavy (non-hydrogen) atoms. The van der Waals surface area contributed by atoms with Gasteiger partial charge in [0.2, 0.25) is 0 Å². The number of amides is 2. The van der Waals surface area contributed by atoms with Gasteiger partial charge in [-0.2, -0.15) is 28.3 Å². The molecule has 0 spiro atoms. The molecule has 2 N–H and O–H groups in total. The average Bonchev–Trinajstić information content (AvgIpc) is 3.57. The number of benzene rings is 2. The van der Waals surface area contributed by atoms with E-state index in [2.05, 4.69) is 31.1 Å². The van der Waals surface area contributed by atoms with Gasteiger partial charge in [-0.15, -0.1) is 10.2 Å². The van der Waals surface area contributed by atoms with Gasteiger partial charge in [-0.1, -0.05) is 30.7 Å². The highest BCUT2D eigenvalue weighted by atomic mass is 35.5. The Morgan fingerprint density at radius 2 is 1.88 bits per heavy atom. The lowest BCUT2D eigenvalue weighted by atomic mass is 10.0. The van der Waals surface area contributed by atoms with Crippen molar-refractivity contribution in [2.45, 2.75) is 46.0 Å². The Morgan fingerprint density at radius 3 is 2.51 bits per heavy atom. The van der Waals surface area contributed by atoms with Crippen LogP contribution in [0.2, 0.25) is 5.02 Å². The number of hydrogen-bond donors (Lipinski definition) is 2. The van der Waals surface area contributed by atoms with Crippen molar-refractivity contribution in [2.75, 3.05) is 5.32 Å². The molecule has 2 aromatic heterocycles. The Morgan fingerprint density at radius 1 is 1.15 bits per heavy atom. The van der Waals surface area contributed by atoms with Crippen LogP contribution in [0.3, 0.4) is 0 Å². The van der Waals surface area contributed by atoms with Gasteiger partial charge in [-0.3, -0.25) is 9.59 Å². The van der Waals surface area contributed by atoms with Crippen LogP contribution in [0.1, 0.15) is 63.8 Å². The van der Waals surface area contributed by atoms with Crippen LogP contribution in [0.5, 0.6) is 0 Å². The van der Waals surface area contributed by atoms with Crippen LogP contribution in [0, 0.1) is 18.3 Å². The third kappa shape index (κ3) is 6.52. The van der Waals surface area contributed by atoms with Crippen LogP contribution in [-0.2, 0) is 12.7 Å². The van der Waals surface area contributed by atoms with Gasteiger partial charge >= 0.3 is 6.18 Å². The lowest BCUT2D eigenvalue weighted by Crippen LogP contribution is -2.33. The second-order valence-corrected chi connectivity index (χ2v) is 9.50. The zero-order chi connectivity index (χ0) is 29.9. The van der Waals surface area contributed by atoms with Crippen LogP contribution in [0.4, 0.5) is 18.9 Å². The first kappa shape index (κ1) is 29.2. The summed E-state index contributed by atoms with van der Waals surface area (Å²) < 4.78 is 40.0. The van der Waals surface area contributed by atoms with Crippen LogP contribution in [0.15, 0.2) is 42.5 Å². The maximum Gasteiger partial charge on any atom is 0.455 e. The van der Waals surface area contributed by atoms with Gasteiger partial charge in [-0.05, 0) is 61.4 Å². The Balaban J connectivity index is 1.75. The molecular formula is C26H23ClF3N9O2.